The highest BCUT2D eigenvalue weighted by atomic mass is 16.5. The number of nitrogens with one attached hydrogen (secondary N) is 1. The Morgan fingerprint density at radius 1 is 1.19 bits per heavy atom. The molecule has 0 bridgehead atoms. The molecule has 0 heterocycles. The summed E-state index contributed by atoms with van der Waals surface area (Å²) in [5.41, 5.74) is -0.459. The van der Waals surface area contributed by atoms with Gasteiger partial charge in [-0.15, -0.1) is 0 Å². The van der Waals surface area contributed by atoms with Gasteiger partial charge in [-0.2, -0.15) is 0 Å². The molecular formula is C17H32N2O2. The quantitative estimate of drug-likeness (QED) is 0.625. The minimum Gasteiger partial charge on any atom is -0.465 e. The standard InChI is InChI=1S/C17H32N2O2/c1-4-21-16(20)17(18-2)12-11-15(13-17)19(3)14-9-7-5-6-8-10-14/h14-15,18H,4-13H2,1-3H3. The fourth-order valence-corrected chi connectivity index (χ4v) is 4.11. The largest absolute Gasteiger partial charge is 0.465 e. The summed E-state index contributed by atoms with van der Waals surface area (Å²) >= 11 is 0. The monoisotopic (exact) mass is 296 g/mol. The van der Waals surface area contributed by atoms with E-state index in [-0.39, 0.29) is 5.97 Å². The summed E-state index contributed by atoms with van der Waals surface area (Å²) in [4.78, 5) is 14.9. The number of rotatable bonds is 5. The first kappa shape index (κ1) is 16.8. The Morgan fingerprint density at radius 3 is 2.43 bits per heavy atom. The second-order valence-corrected chi connectivity index (χ2v) is 6.76. The van der Waals surface area contributed by atoms with E-state index < -0.39 is 5.54 Å². The van der Waals surface area contributed by atoms with Gasteiger partial charge >= 0.3 is 5.97 Å². The zero-order valence-corrected chi connectivity index (χ0v) is 14.0. The number of nitrogens with zero attached hydrogens (tertiary/aromatic N) is 1. The molecule has 21 heavy (non-hydrogen) atoms. The van der Waals surface area contributed by atoms with Crippen LogP contribution in [0.1, 0.15) is 64.7 Å². The van der Waals surface area contributed by atoms with E-state index in [0.29, 0.717) is 18.7 Å². The zero-order valence-electron chi connectivity index (χ0n) is 14.0. The number of likely N-dealkylation sites (N-methyl/N-ethyl adjacent to an activating group) is 1. The average molecular weight is 296 g/mol. The molecule has 4 nitrogen and oxygen atoms in total. The van der Waals surface area contributed by atoms with Crippen molar-refractivity contribution in [3.8, 4) is 0 Å². The maximum atomic E-state index is 12.3. The molecule has 0 aliphatic heterocycles. The van der Waals surface area contributed by atoms with Gasteiger partial charge in [0.25, 0.3) is 0 Å². The molecule has 0 amide bonds. The number of carbonyl (C=O) groups excluding carboxylic acids is 1. The Morgan fingerprint density at radius 2 is 1.86 bits per heavy atom. The highest BCUT2D eigenvalue weighted by Crippen LogP contribution is 2.36. The lowest BCUT2D eigenvalue weighted by Crippen LogP contribution is -2.51. The number of hydrogen-bond donors (Lipinski definition) is 1. The van der Waals surface area contributed by atoms with Crippen molar-refractivity contribution in [3.05, 3.63) is 0 Å². The maximum absolute atomic E-state index is 12.3. The van der Waals surface area contributed by atoms with Gasteiger partial charge in [0, 0.05) is 12.1 Å². The molecule has 2 atom stereocenters. The highest BCUT2D eigenvalue weighted by molar-refractivity contribution is 5.81. The minimum absolute atomic E-state index is 0.0655. The molecule has 0 saturated heterocycles. The average Bonchev–Trinajstić information content (AvgIpc) is 2.76. The Hall–Kier alpha value is -0.610. The highest BCUT2D eigenvalue weighted by Gasteiger charge is 2.47. The summed E-state index contributed by atoms with van der Waals surface area (Å²) < 4.78 is 5.29. The van der Waals surface area contributed by atoms with Crippen LogP contribution in [-0.2, 0) is 9.53 Å². The van der Waals surface area contributed by atoms with Crippen molar-refractivity contribution in [3.63, 3.8) is 0 Å². The Kier molecular flexibility index (Phi) is 6.06. The Labute approximate surface area is 129 Å². The molecule has 4 heteroatoms. The van der Waals surface area contributed by atoms with E-state index in [0.717, 1.165) is 19.3 Å². The van der Waals surface area contributed by atoms with Crippen molar-refractivity contribution in [2.45, 2.75) is 82.3 Å². The van der Waals surface area contributed by atoms with Crippen molar-refractivity contribution in [1.82, 2.24) is 10.2 Å². The van der Waals surface area contributed by atoms with Crippen molar-refractivity contribution >= 4 is 5.97 Å². The summed E-state index contributed by atoms with van der Waals surface area (Å²) in [5.74, 6) is -0.0655. The molecule has 1 N–H and O–H groups in total. The number of hydrogen-bond acceptors (Lipinski definition) is 4. The summed E-state index contributed by atoms with van der Waals surface area (Å²) in [6.07, 6.45) is 11.0. The van der Waals surface area contributed by atoms with Crippen molar-refractivity contribution in [2.75, 3.05) is 20.7 Å². The van der Waals surface area contributed by atoms with Crippen LogP contribution in [0.2, 0.25) is 0 Å². The van der Waals surface area contributed by atoms with E-state index in [1.807, 2.05) is 14.0 Å². The predicted octanol–water partition coefficient (Wildman–Crippen LogP) is 2.71. The molecule has 2 rings (SSSR count). The van der Waals surface area contributed by atoms with Crippen molar-refractivity contribution < 1.29 is 9.53 Å². The number of carbonyl (C=O) groups is 1. The first-order valence-electron chi connectivity index (χ1n) is 8.71. The fourth-order valence-electron chi connectivity index (χ4n) is 4.11. The lowest BCUT2D eigenvalue weighted by molar-refractivity contribution is -0.151. The van der Waals surface area contributed by atoms with Gasteiger partial charge in [-0.25, -0.2) is 0 Å². The summed E-state index contributed by atoms with van der Waals surface area (Å²) in [5, 5.41) is 3.26. The van der Waals surface area contributed by atoms with Crippen molar-refractivity contribution in [1.29, 1.82) is 0 Å². The van der Waals surface area contributed by atoms with Crippen LogP contribution in [-0.4, -0.2) is 49.2 Å². The Bertz CT molecular complexity index is 340. The van der Waals surface area contributed by atoms with Gasteiger partial charge in [-0.05, 0) is 53.1 Å². The van der Waals surface area contributed by atoms with E-state index in [2.05, 4.69) is 17.3 Å². The van der Waals surface area contributed by atoms with Crippen LogP contribution in [0, 0.1) is 0 Å². The number of esters is 1. The van der Waals surface area contributed by atoms with Gasteiger partial charge in [0.2, 0.25) is 0 Å². The van der Waals surface area contributed by atoms with Crippen LogP contribution in [0.25, 0.3) is 0 Å². The predicted molar refractivity (Wildman–Crippen MR) is 85.3 cm³/mol. The van der Waals surface area contributed by atoms with Gasteiger partial charge < -0.3 is 15.0 Å². The fraction of sp³-hybridized carbons (Fsp3) is 0.941. The van der Waals surface area contributed by atoms with Gasteiger partial charge in [0.05, 0.1) is 6.61 Å². The van der Waals surface area contributed by atoms with Gasteiger partial charge in [0.15, 0.2) is 0 Å². The third-order valence-electron chi connectivity index (χ3n) is 5.61. The van der Waals surface area contributed by atoms with E-state index >= 15 is 0 Å². The second-order valence-electron chi connectivity index (χ2n) is 6.76. The molecule has 2 aliphatic rings. The van der Waals surface area contributed by atoms with E-state index in [1.165, 1.54) is 38.5 Å². The molecular weight excluding hydrogens is 264 g/mol. The van der Waals surface area contributed by atoms with Crippen LogP contribution < -0.4 is 5.32 Å². The minimum atomic E-state index is -0.459. The SMILES string of the molecule is CCOC(=O)C1(NC)CCC(N(C)C2CCCCCC2)C1. The van der Waals surface area contributed by atoms with E-state index in [9.17, 15) is 4.79 Å². The van der Waals surface area contributed by atoms with E-state index in [4.69, 9.17) is 4.74 Å². The topological polar surface area (TPSA) is 41.6 Å². The first-order valence-corrected chi connectivity index (χ1v) is 8.71. The number of ether oxygens (including phenoxy) is 1. The van der Waals surface area contributed by atoms with Crippen LogP contribution in [0.3, 0.4) is 0 Å². The second kappa shape index (κ2) is 7.59. The molecule has 0 radical (unpaired) electrons. The van der Waals surface area contributed by atoms with Gasteiger partial charge in [-0.3, -0.25) is 4.79 Å². The normalized spacial score (nSPS) is 31.3. The zero-order chi connectivity index (χ0) is 15.3. The molecule has 122 valence electrons. The third-order valence-corrected chi connectivity index (χ3v) is 5.61. The first-order chi connectivity index (χ1) is 10.1. The summed E-state index contributed by atoms with van der Waals surface area (Å²) in [7, 11) is 4.16. The summed E-state index contributed by atoms with van der Waals surface area (Å²) in [6, 6.07) is 1.21. The van der Waals surface area contributed by atoms with Crippen molar-refractivity contribution in [2.24, 2.45) is 0 Å². The molecule has 0 aromatic rings. The molecule has 0 aromatic heterocycles. The van der Waals surface area contributed by atoms with Crippen LogP contribution in [0.5, 0.6) is 0 Å². The third kappa shape index (κ3) is 3.78. The van der Waals surface area contributed by atoms with Crippen LogP contribution in [0.4, 0.5) is 0 Å². The maximum Gasteiger partial charge on any atom is 0.326 e. The Balaban J connectivity index is 1.97. The van der Waals surface area contributed by atoms with Gasteiger partial charge in [0.1, 0.15) is 5.54 Å². The molecule has 0 spiro atoms. The molecule has 2 saturated carbocycles. The lowest BCUT2D eigenvalue weighted by Gasteiger charge is -2.34. The van der Waals surface area contributed by atoms with Gasteiger partial charge in [-0.1, -0.05) is 25.7 Å². The van der Waals surface area contributed by atoms with Crippen LogP contribution in [0.15, 0.2) is 0 Å². The van der Waals surface area contributed by atoms with Crippen LogP contribution >= 0.6 is 0 Å². The molecule has 0 aromatic carbocycles. The molecule has 2 aliphatic carbocycles. The lowest BCUT2D eigenvalue weighted by atomic mass is 9.97. The molecule has 2 unspecified atom stereocenters. The molecule has 2 fully saturated rings. The summed E-state index contributed by atoms with van der Waals surface area (Å²) in [6.45, 7) is 2.34. The smallest absolute Gasteiger partial charge is 0.326 e. The van der Waals surface area contributed by atoms with E-state index in [1.54, 1.807) is 0 Å².